The number of thiophene rings is 1. The molecule has 1 aliphatic heterocycles. The summed E-state index contributed by atoms with van der Waals surface area (Å²) in [4.78, 5) is 28.2. The first-order valence-corrected chi connectivity index (χ1v) is 15.4. The van der Waals surface area contributed by atoms with Crippen LogP contribution in [0.5, 0.6) is 0 Å². The number of hydrogen-bond acceptors (Lipinski definition) is 9. The first-order valence-electron chi connectivity index (χ1n) is 14.2. The van der Waals surface area contributed by atoms with Gasteiger partial charge in [-0.1, -0.05) is 17.7 Å². The van der Waals surface area contributed by atoms with Crippen LogP contribution in [0.3, 0.4) is 0 Å². The lowest BCUT2D eigenvalue weighted by Crippen LogP contribution is -2.39. The van der Waals surface area contributed by atoms with Crippen LogP contribution in [0.1, 0.15) is 39.7 Å². The Labute approximate surface area is 264 Å². The van der Waals surface area contributed by atoms with Crippen molar-refractivity contribution in [3.05, 3.63) is 40.4 Å². The molecule has 2 aromatic carbocycles. The molecule has 0 aliphatic carbocycles. The molecular formula is C31H34ClF2N7O2S. The third kappa shape index (κ3) is 5.96. The van der Waals surface area contributed by atoms with Gasteiger partial charge in [0.05, 0.1) is 15.3 Å². The summed E-state index contributed by atoms with van der Waals surface area (Å²) < 4.78 is 37.4. The minimum absolute atomic E-state index is 0.0270. The number of anilines is 3. The van der Waals surface area contributed by atoms with Crippen LogP contribution in [-0.2, 0) is 4.74 Å². The SMILES string of the molecule is CC1CN(C)CCCN1c1nc(N(C)C)c2cc(Cl)c(-c3ccc(F)c4sc(NC(=O)OC(C)(C)C)c(C#N)c34)c(F)c2n1. The first-order chi connectivity index (χ1) is 20.7. The van der Waals surface area contributed by atoms with E-state index >= 15 is 8.78 Å². The smallest absolute Gasteiger partial charge is 0.412 e. The van der Waals surface area contributed by atoms with Crippen molar-refractivity contribution in [2.75, 3.05) is 55.9 Å². The number of carbonyl (C=O) groups is 1. The highest BCUT2D eigenvalue weighted by Gasteiger charge is 2.29. The van der Waals surface area contributed by atoms with E-state index in [-0.39, 0.29) is 48.4 Å². The topological polar surface area (TPSA) is 97.6 Å². The van der Waals surface area contributed by atoms with Gasteiger partial charge < -0.3 is 19.4 Å². The minimum Gasteiger partial charge on any atom is -0.444 e. The van der Waals surface area contributed by atoms with E-state index in [2.05, 4.69) is 35.2 Å². The van der Waals surface area contributed by atoms with Crippen LogP contribution in [0.2, 0.25) is 5.02 Å². The Hall–Kier alpha value is -3.79. The van der Waals surface area contributed by atoms with Crippen LogP contribution in [0.4, 0.5) is 30.3 Å². The van der Waals surface area contributed by atoms with Crippen LogP contribution in [0.25, 0.3) is 32.1 Å². The van der Waals surface area contributed by atoms with Crippen molar-refractivity contribution in [2.45, 2.75) is 45.8 Å². The van der Waals surface area contributed by atoms with E-state index in [4.69, 9.17) is 26.3 Å². The highest BCUT2D eigenvalue weighted by molar-refractivity contribution is 7.23. The van der Waals surface area contributed by atoms with Crippen molar-refractivity contribution in [3.8, 4) is 17.2 Å². The second kappa shape index (κ2) is 12.0. The lowest BCUT2D eigenvalue weighted by atomic mass is 9.97. The number of halogens is 3. The molecule has 1 atom stereocenters. The van der Waals surface area contributed by atoms with Crippen LogP contribution in [0, 0.1) is 23.0 Å². The fourth-order valence-corrected chi connectivity index (χ4v) is 6.89. The van der Waals surface area contributed by atoms with Crippen molar-refractivity contribution >= 4 is 66.8 Å². The molecule has 1 aliphatic rings. The van der Waals surface area contributed by atoms with Crippen LogP contribution >= 0.6 is 22.9 Å². The molecule has 2 aromatic heterocycles. The van der Waals surface area contributed by atoms with Crippen molar-refractivity contribution < 1.29 is 18.3 Å². The number of nitriles is 1. The van der Waals surface area contributed by atoms with Gasteiger partial charge in [-0.2, -0.15) is 10.2 Å². The number of benzene rings is 2. The van der Waals surface area contributed by atoms with Crippen LogP contribution in [0.15, 0.2) is 18.2 Å². The lowest BCUT2D eigenvalue weighted by molar-refractivity contribution is 0.0636. The molecular weight excluding hydrogens is 608 g/mol. The predicted molar refractivity (Wildman–Crippen MR) is 173 cm³/mol. The van der Waals surface area contributed by atoms with E-state index in [0.29, 0.717) is 23.7 Å². The number of nitrogens with one attached hydrogen (secondary N) is 1. The molecule has 1 N–H and O–H groups in total. The summed E-state index contributed by atoms with van der Waals surface area (Å²) in [6.07, 6.45) is 0.0998. The van der Waals surface area contributed by atoms with E-state index in [1.54, 1.807) is 31.7 Å². The zero-order valence-corrected chi connectivity index (χ0v) is 27.3. The Balaban J connectivity index is 1.73. The van der Waals surface area contributed by atoms with E-state index in [9.17, 15) is 10.1 Å². The Morgan fingerprint density at radius 2 is 1.98 bits per heavy atom. The van der Waals surface area contributed by atoms with Gasteiger partial charge in [0.2, 0.25) is 5.95 Å². The van der Waals surface area contributed by atoms with Crippen molar-refractivity contribution in [2.24, 2.45) is 0 Å². The molecule has 4 aromatic rings. The maximum Gasteiger partial charge on any atom is 0.412 e. The van der Waals surface area contributed by atoms with E-state index < -0.39 is 23.3 Å². The molecule has 1 amide bonds. The van der Waals surface area contributed by atoms with Gasteiger partial charge in [0, 0.05) is 49.6 Å². The standard InChI is InChI=1S/C31H34ClF2N7O2S/c1-16-15-40(7)11-8-12-41(16)29-36-25-18(27(37-29)39(5)6)13-20(32)23(24(25)34)17-9-10-21(33)26-22(17)19(14-35)28(44-26)38-30(42)43-31(2,3)4/h9-10,13,16H,8,11-12,15H2,1-7H3,(H,38,42). The molecule has 0 spiro atoms. The van der Waals surface area contributed by atoms with Gasteiger partial charge in [-0.3, -0.25) is 5.32 Å². The summed E-state index contributed by atoms with van der Waals surface area (Å²) >= 11 is 7.64. The van der Waals surface area contributed by atoms with Gasteiger partial charge in [-0.25, -0.2) is 18.6 Å². The number of rotatable bonds is 4. The molecule has 0 bridgehead atoms. The summed E-state index contributed by atoms with van der Waals surface area (Å²) in [5.41, 5.74) is -0.590. The summed E-state index contributed by atoms with van der Waals surface area (Å²) in [6.45, 7) is 9.63. The average Bonchev–Trinajstić information content (AvgIpc) is 3.19. The van der Waals surface area contributed by atoms with Gasteiger partial charge in [0.15, 0.2) is 5.82 Å². The van der Waals surface area contributed by atoms with Gasteiger partial charge in [-0.15, -0.1) is 11.3 Å². The predicted octanol–water partition coefficient (Wildman–Crippen LogP) is 7.26. The molecule has 13 heteroatoms. The zero-order chi connectivity index (χ0) is 32.1. The van der Waals surface area contributed by atoms with E-state index in [0.717, 1.165) is 30.8 Å². The fraction of sp³-hybridized carbons (Fsp3) is 0.419. The van der Waals surface area contributed by atoms with Crippen molar-refractivity contribution in [3.63, 3.8) is 0 Å². The van der Waals surface area contributed by atoms with E-state index in [1.807, 2.05) is 14.1 Å². The van der Waals surface area contributed by atoms with E-state index in [1.165, 1.54) is 12.1 Å². The molecule has 0 saturated carbocycles. The molecule has 3 heterocycles. The number of carbonyl (C=O) groups excluding carboxylic acids is 1. The molecule has 44 heavy (non-hydrogen) atoms. The molecule has 5 rings (SSSR count). The number of nitrogens with zero attached hydrogens (tertiary/aromatic N) is 6. The van der Waals surface area contributed by atoms with Gasteiger partial charge in [0.1, 0.15) is 33.8 Å². The molecule has 1 unspecified atom stereocenters. The normalized spacial score (nSPS) is 16.2. The number of ether oxygens (including phenoxy) is 1. The Morgan fingerprint density at radius 3 is 2.64 bits per heavy atom. The maximum absolute atomic E-state index is 16.8. The number of likely N-dealkylation sites (N-methyl/N-ethyl adjacent to an activating group) is 1. The monoisotopic (exact) mass is 641 g/mol. The number of fused-ring (bicyclic) bond motifs is 2. The lowest BCUT2D eigenvalue weighted by Gasteiger charge is -2.29. The van der Waals surface area contributed by atoms with Crippen molar-refractivity contribution in [1.82, 2.24) is 14.9 Å². The van der Waals surface area contributed by atoms with Crippen LogP contribution in [-0.4, -0.2) is 73.4 Å². The van der Waals surface area contributed by atoms with Gasteiger partial charge in [-0.05, 0) is 65.4 Å². The minimum atomic E-state index is -0.799. The molecule has 9 nitrogen and oxygen atoms in total. The average molecular weight is 642 g/mol. The summed E-state index contributed by atoms with van der Waals surface area (Å²) in [5, 5.41) is 13.4. The third-order valence-electron chi connectivity index (χ3n) is 7.36. The Kier molecular flexibility index (Phi) is 8.59. The second-order valence-electron chi connectivity index (χ2n) is 12.2. The molecule has 1 fully saturated rings. The Bertz CT molecular complexity index is 1820. The summed E-state index contributed by atoms with van der Waals surface area (Å²) in [7, 11) is 5.70. The molecule has 0 radical (unpaired) electrons. The number of amides is 1. The third-order valence-corrected chi connectivity index (χ3v) is 8.78. The highest BCUT2D eigenvalue weighted by atomic mass is 35.5. The highest BCUT2D eigenvalue weighted by Crippen LogP contribution is 2.46. The number of aromatic nitrogens is 2. The largest absolute Gasteiger partial charge is 0.444 e. The second-order valence-corrected chi connectivity index (χ2v) is 13.6. The van der Waals surface area contributed by atoms with Gasteiger partial charge >= 0.3 is 6.09 Å². The fourth-order valence-electron chi connectivity index (χ4n) is 5.53. The molecule has 1 saturated heterocycles. The van der Waals surface area contributed by atoms with Crippen molar-refractivity contribution in [1.29, 1.82) is 5.26 Å². The Morgan fingerprint density at radius 1 is 1.25 bits per heavy atom. The summed E-state index contributed by atoms with van der Waals surface area (Å²) in [6, 6.07) is 6.32. The quantitative estimate of drug-likeness (QED) is 0.249. The number of hydrogen-bond donors (Lipinski definition) is 1. The molecule has 232 valence electrons. The van der Waals surface area contributed by atoms with Crippen LogP contribution < -0.4 is 15.1 Å². The first kappa shape index (κ1) is 31.6. The maximum atomic E-state index is 16.8. The summed E-state index contributed by atoms with van der Waals surface area (Å²) in [5.74, 6) is -0.441. The zero-order valence-electron chi connectivity index (χ0n) is 25.7. The van der Waals surface area contributed by atoms with Gasteiger partial charge in [0.25, 0.3) is 0 Å².